The number of carbonyl (C=O) groups is 2. The minimum atomic E-state index is -0.788. The van der Waals surface area contributed by atoms with Crippen molar-refractivity contribution in [3.8, 4) is 0 Å². The van der Waals surface area contributed by atoms with E-state index < -0.39 is 5.97 Å². The number of likely N-dealkylation sites (N-methyl/N-ethyl adjacent to an activating group) is 1. The van der Waals surface area contributed by atoms with Crippen molar-refractivity contribution in [2.45, 2.75) is 58.0 Å². The first-order valence-corrected chi connectivity index (χ1v) is 9.71. The second-order valence-electron chi connectivity index (χ2n) is 7.15. The van der Waals surface area contributed by atoms with Crippen molar-refractivity contribution in [2.75, 3.05) is 13.1 Å². The fourth-order valence-corrected chi connectivity index (χ4v) is 5.05. The lowest BCUT2D eigenvalue weighted by molar-refractivity contribution is -0.139. The molecule has 1 atom stereocenters. The third kappa shape index (κ3) is 3.64. The Kier molecular flexibility index (Phi) is 5.25. The maximum Gasteiger partial charge on any atom is 0.317 e. The van der Waals surface area contributed by atoms with Crippen LogP contribution in [0.15, 0.2) is 5.38 Å². The van der Waals surface area contributed by atoms with Gasteiger partial charge in [0, 0.05) is 22.3 Å². The van der Waals surface area contributed by atoms with E-state index in [9.17, 15) is 9.59 Å². The molecule has 1 heterocycles. The van der Waals surface area contributed by atoms with Gasteiger partial charge < -0.3 is 10.4 Å². The molecule has 1 unspecified atom stereocenters. The van der Waals surface area contributed by atoms with Crippen LogP contribution in [0.1, 0.15) is 53.9 Å². The van der Waals surface area contributed by atoms with Crippen LogP contribution in [0.3, 0.4) is 0 Å². The van der Waals surface area contributed by atoms with Gasteiger partial charge in [-0.2, -0.15) is 0 Å². The van der Waals surface area contributed by atoms with Crippen LogP contribution >= 0.6 is 11.3 Å². The van der Waals surface area contributed by atoms with Crippen molar-refractivity contribution in [2.24, 2.45) is 5.92 Å². The molecule has 2 aliphatic carbocycles. The van der Waals surface area contributed by atoms with E-state index in [1.807, 2.05) is 17.2 Å². The number of rotatable bonds is 6. The molecular weight excluding hydrogens is 324 g/mol. The number of nitrogens with zero attached hydrogens (tertiary/aromatic N) is 1. The Hall–Kier alpha value is -1.40. The van der Waals surface area contributed by atoms with Gasteiger partial charge in [0.1, 0.15) is 0 Å². The van der Waals surface area contributed by atoms with Crippen molar-refractivity contribution in [1.29, 1.82) is 0 Å². The number of hydrogen-bond donors (Lipinski definition) is 2. The molecule has 2 N–H and O–H groups in total. The normalized spacial score (nSPS) is 25.9. The zero-order valence-corrected chi connectivity index (χ0v) is 15.2. The van der Waals surface area contributed by atoms with Crippen molar-refractivity contribution in [3.63, 3.8) is 0 Å². The van der Waals surface area contributed by atoms with Crippen LogP contribution in [0.2, 0.25) is 0 Å². The Balaban J connectivity index is 1.53. The van der Waals surface area contributed by atoms with Gasteiger partial charge in [0.25, 0.3) is 5.91 Å². The molecule has 2 aliphatic rings. The Morgan fingerprint density at radius 1 is 1.42 bits per heavy atom. The Morgan fingerprint density at radius 2 is 2.17 bits per heavy atom. The van der Waals surface area contributed by atoms with E-state index in [0.717, 1.165) is 44.2 Å². The first-order valence-electron chi connectivity index (χ1n) is 8.83. The van der Waals surface area contributed by atoms with Gasteiger partial charge in [-0.3, -0.25) is 14.5 Å². The first kappa shape index (κ1) is 17.4. The second-order valence-corrected chi connectivity index (χ2v) is 8.12. The molecule has 3 rings (SSSR count). The van der Waals surface area contributed by atoms with Crippen LogP contribution in [0.5, 0.6) is 0 Å². The maximum atomic E-state index is 12.6. The highest BCUT2D eigenvalue weighted by atomic mass is 32.1. The molecule has 6 heteroatoms. The third-order valence-corrected chi connectivity index (χ3v) is 6.41. The maximum absolute atomic E-state index is 12.6. The molecule has 0 saturated heterocycles. The summed E-state index contributed by atoms with van der Waals surface area (Å²) in [5.74, 6) is -0.0241. The SMILES string of the molecule is CCN(CC(=O)O)C1CC(NC(=O)c2csc3c2CCC(C)C3)C1. The number of hydrogen-bond acceptors (Lipinski definition) is 4. The van der Waals surface area contributed by atoms with Crippen LogP contribution < -0.4 is 5.32 Å². The summed E-state index contributed by atoms with van der Waals surface area (Å²) < 4.78 is 0. The van der Waals surface area contributed by atoms with E-state index in [0.29, 0.717) is 5.92 Å². The average molecular weight is 350 g/mol. The molecule has 0 aromatic carbocycles. The number of carboxylic acid groups (broad SMARTS) is 1. The van der Waals surface area contributed by atoms with Gasteiger partial charge in [0.2, 0.25) is 0 Å². The van der Waals surface area contributed by atoms with Gasteiger partial charge in [0.05, 0.1) is 12.1 Å². The fourth-order valence-electron chi connectivity index (χ4n) is 3.81. The predicted octanol–water partition coefficient (Wildman–Crippen LogP) is 2.54. The Morgan fingerprint density at radius 3 is 2.83 bits per heavy atom. The number of fused-ring (bicyclic) bond motifs is 1. The van der Waals surface area contributed by atoms with Gasteiger partial charge in [-0.25, -0.2) is 0 Å². The lowest BCUT2D eigenvalue weighted by atomic mass is 9.84. The summed E-state index contributed by atoms with van der Waals surface area (Å²) in [6.07, 6.45) is 4.96. The standard InChI is InChI=1S/C18H26N2O3S/c1-3-20(9-17(21)22)13-7-12(8-13)19-18(23)15-10-24-16-6-11(2)4-5-14(15)16/h10-13H,3-9H2,1-2H3,(H,19,23)(H,21,22). The molecule has 24 heavy (non-hydrogen) atoms. The number of nitrogens with one attached hydrogen (secondary N) is 1. The summed E-state index contributed by atoms with van der Waals surface area (Å²) >= 11 is 1.72. The van der Waals surface area contributed by atoms with Gasteiger partial charge in [0.15, 0.2) is 0 Å². The summed E-state index contributed by atoms with van der Waals surface area (Å²) in [4.78, 5) is 26.8. The first-order chi connectivity index (χ1) is 11.5. The quantitative estimate of drug-likeness (QED) is 0.827. The highest BCUT2D eigenvalue weighted by Crippen LogP contribution is 2.33. The smallest absolute Gasteiger partial charge is 0.317 e. The van der Waals surface area contributed by atoms with E-state index in [-0.39, 0.29) is 24.5 Å². The van der Waals surface area contributed by atoms with Crippen LogP contribution in [0.4, 0.5) is 0 Å². The van der Waals surface area contributed by atoms with E-state index in [1.54, 1.807) is 11.3 Å². The third-order valence-electron chi connectivity index (χ3n) is 5.36. The van der Waals surface area contributed by atoms with E-state index in [4.69, 9.17) is 5.11 Å². The van der Waals surface area contributed by atoms with Crippen LogP contribution in [-0.2, 0) is 17.6 Å². The summed E-state index contributed by atoms with van der Waals surface area (Å²) in [6.45, 7) is 5.06. The molecule has 0 spiro atoms. The van der Waals surface area contributed by atoms with E-state index >= 15 is 0 Å². The molecule has 0 aliphatic heterocycles. The molecule has 0 bridgehead atoms. The second kappa shape index (κ2) is 7.23. The number of thiophene rings is 1. The van der Waals surface area contributed by atoms with Gasteiger partial charge in [-0.15, -0.1) is 11.3 Å². The van der Waals surface area contributed by atoms with Crippen LogP contribution in [0.25, 0.3) is 0 Å². The zero-order valence-electron chi connectivity index (χ0n) is 14.4. The number of amides is 1. The topological polar surface area (TPSA) is 69.6 Å². The van der Waals surface area contributed by atoms with Crippen molar-refractivity contribution in [3.05, 3.63) is 21.4 Å². The molecular formula is C18H26N2O3S. The minimum absolute atomic E-state index is 0.0480. The minimum Gasteiger partial charge on any atom is -0.480 e. The van der Waals surface area contributed by atoms with Gasteiger partial charge in [-0.05, 0) is 50.1 Å². The van der Waals surface area contributed by atoms with Crippen molar-refractivity contribution >= 4 is 23.2 Å². The summed E-state index contributed by atoms with van der Waals surface area (Å²) in [5, 5.41) is 14.1. The van der Waals surface area contributed by atoms with E-state index in [1.165, 1.54) is 10.4 Å². The monoisotopic (exact) mass is 350 g/mol. The lowest BCUT2D eigenvalue weighted by Crippen LogP contribution is -2.54. The van der Waals surface area contributed by atoms with E-state index in [2.05, 4.69) is 12.2 Å². The average Bonchev–Trinajstić information content (AvgIpc) is 2.91. The fraction of sp³-hybridized carbons (Fsp3) is 0.667. The summed E-state index contributed by atoms with van der Waals surface area (Å²) in [5.41, 5.74) is 2.12. The van der Waals surface area contributed by atoms with Crippen molar-refractivity contribution < 1.29 is 14.7 Å². The largest absolute Gasteiger partial charge is 0.480 e. The van der Waals surface area contributed by atoms with Crippen LogP contribution in [0, 0.1) is 5.92 Å². The Labute approximate surface area is 147 Å². The summed E-state index contributed by atoms with van der Waals surface area (Å²) in [6, 6.07) is 0.442. The molecule has 0 radical (unpaired) electrons. The number of carbonyl (C=O) groups excluding carboxylic acids is 1. The molecule has 132 valence electrons. The Bertz CT molecular complexity index is 622. The molecule has 1 aromatic rings. The lowest BCUT2D eigenvalue weighted by Gasteiger charge is -2.42. The zero-order chi connectivity index (χ0) is 17.3. The number of carboxylic acids is 1. The predicted molar refractivity (Wildman–Crippen MR) is 94.7 cm³/mol. The van der Waals surface area contributed by atoms with Crippen molar-refractivity contribution in [1.82, 2.24) is 10.2 Å². The molecule has 1 fully saturated rings. The highest BCUT2D eigenvalue weighted by molar-refractivity contribution is 7.10. The van der Waals surface area contributed by atoms with Gasteiger partial charge in [-0.1, -0.05) is 13.8 Å². The van der Waals surface area contributed by atoms with Crippen LogP contribution in [-0.4, -0.2) is 47.1 Å². The molecule has 1 saturated carbocycles. The van der Waals surface area contributed by atoms with Gasteiger partial charge >= 0.3 is 5.97 Å². The molecule has 1 amide bonds. The number of aliphatic carboxylic acids is 1. The summed E-state index contributed by atoms with van der Waals surface area (Å²) in [7, 11) is 0. The highest BCUT2D eigenvalue weighted by Gasteiger charge is 2.35. The molecule has 5 nitrogen and oxygen atoms in total. The molecule has 1 aromatic heterocycles.